The standard InChI is InChI=1S/C20H25NO3S/c1-3-13-4-9-17-15(10-13)11-18(25-17)20(24)21-12(2)19(23)14-5-7-16(22)8-6-14/h5-8,11-13,19,22-23H,3-4,9-10H2,1-2H3,(H,21,24)/t12-,13+,19+/m0/s1. The zero-order valence-electron chi connectivity index (χ0n) is 14.7. The number of rotatable bonds is 5. The largest absolute Gasteiger partial charge is 0.508 e. The Morgan fingerprint density at radius 2 is 2.08 bits per heavy atom. The number of thiophene rings is 1. The van der Waals surface area contributed by atoms with Gasteiger partial charge in [-0.1, -0.05) is 25.5 Å². The van der Waals surface area contributed by atoms with E-state index in [1.54, 1.807) is 30.4 Å². The number of carbonyl (C=O) groups is 1. The lowest BCUT2D eigenvalue weighted by Gasteiger charge is -2.20. The van der Waals surface area contributed by atoms with Gasteiger partial charge in [0.15, 0.2) is 0 Å². The van der Waals surface area contributed by atoms with Crippen LogP contribution in [0.5, 0.6) is 5.75 Å². The summed E-state index contributed by atoms with van der Waals surface area (Å²) in [6.45, 7) is 4.01. The number of aliphatic hydroxyl groups is 1. The summed E-state index contributed by atoms with van der Waals surface area (Å²) >= 11 is 1.58. The summed E-state index contributed by atoms with van der Waals surface area (Å²) in [6.07, 6.45) is 3.72. The molecule has 0 saturated carbocycles. The van der Waals surface area contributed by atoms with Crippen LogP contribution in [0.25, 0.3) is 0 Å². The normalized spacial score (nSPS) is 19.1. The van der Waals surface area contributed by atoms with E-state index in [4.69, 9.17) is 0 Å². The number of hydrogen-bond donors (Lipinski definition) is 3. The predicted molar refractivity (Wildman–Crippen MR) is 100 cm³/mol. The number of aryl methyl sites for hydroxylation is 1. The molecule has 4 nitrogen and oxygen atoms in total. The number of carbonyl (C=O) groups excluding carboxylic acids is 1. The van der Waals surface area contributed by atoms with Gasteiger partial charge < -0.3 is 15.5 Å². The highest BCUT2D eigenvalue weighted by Gasteiger charge is 2.24. The molecule has 5 heteroatoms. The van der Waals surface area contributed by atoms with Crippen molar-refractivity contribution in [2.24, 2.45) is 5.92 Å². The van der Waals surface area contributed by atoms with E-state index >= 15 is 0 Å². The van der Waals surface area contributed by atoms with Crippen LogP contribution in [0.2, 0.25) is 0 Å². The molecule has 0 saturated heterocycles. The zero-order chi connectivity index (χ0) is 18.0. The number of aliphatic hydroxyl groups excluding tert-OH is 1. The molecular weight excluding hydrogens is 334 g/mol. The molecule has 3 N–H and O–H groups in total. The first-order valence-electron chi connectivity index (χ1n) is 8.87. The number of phenols is 1. The number of amides is 1. The van der Waals surface area contributed by atoms with E-state index in [2.05, 4.69) is 12.2 Å². The van der Waals surface area contributed by atoms with Crippen molar-refractivity contribution < 1.29 is 15.0 Å². The van der Waals surface area contributed by atoms with Crippen LogP contribution in [-0.2, 0) is 12.8 Å². The minimum absolute atomic E-state index is 0.127. The van der Waals surface area contributed by atoms with Crippen LogP contribution in [0.15, 0.2) is 30.3 Å². The fraction of sp³-hybridized carbons (Fsp3) is 0.450. The summed E-state index contributed by atoms with van der Waals surface area (Å²) in [5, 5.41) is 22.7. The molecule has 0 fully saturated rings. The summed E-state index contributed by atoms with van der Waals surface area (Å²) < 4.78 is 0. The molecule has 2 aromatic rings. The molecule has 3 rings (SSSR count). The Bertz CT molecular complexity index is 738. The minimum atomic E-state index is -0.816. The van der Waals surface area contributed by atoms with Crippen LogP contribution in [0.1, 0.15) is 58.5 Å². The lowest BCUT2D eigenvalue weighted by Crippen LogP contribution is -2.36. The van der Waals surface area contributed by atoms with Gasteiger partial charge in [0.05, 0.1) is 17.0 Å². The number of nitrogens with one attached hydrogen (secondary N) is 1. The third-order valence-electron chi connectivity index (χ3n) is 5.05. The molecule has 1 heterocycles. The maximum atomic E-state index is 12.6. The van der Waals surface area contributed by atoms with Crippen molar-refractivity contribution in [1.82, 2.24) is 5.32 Å². The summed E-state index contributed by atoms with van der Waals surface area (Å²) in [5.41, 5.74) is 1.99. The summed E-state index contributed by atoms with van der Waals surface area (Å²) in [6, 6.07) is 8.00. The molecule has 25 heavy (non-hydrogen) atoms. The highest BCUT2D eigenvalue weighted by atomic mass is 32.1. The molecule has 1 aliphatic rings. The first-order valence-corrected chi connectivity index (χ1v) is 9.69. The minimum Gasteiger partial charge on any atom is -0.508 e. The third kappa shape index (κ3) is 4.05. The SMILES string of the molecule is CC[C@@H]1CCc2sc(C(=O)N[C@@H](C)[C@@H](O)c3ccc(O)cc3)cc2C1. The van der Waals surface area contributed by atoms with Crippen molar-refractivity contribution in [2.45, 2.75) is 51.7 Å². The van der Waals surface area contributed by atoms with Crippen molar-refractivity contribution in [3.63, 3.8) is 0 Å². The Morgan fingerprint density at radius 3 is 2.76 bits per heavy atom. The van der Waals surface area contributed by atoms with Crippen molar-refractivity contribution in [3.8, 4) is 5.75 Å². The van der Waals surface area contributed by atoms with E-state index in [0.717, 1.165) is 23.6 Å². The van der Waals surface area contributed by atoms with Crippen LogP contribution in [-0.4, -0.2) is 22.2 Å². The van der Waals surface area contributed by atoms with E-state index in [1.807, 2.05) is 6.07 Å². The second-order valence-corrected chi connectivity index (χ2v) is 8.01. The molecule has 134 valence electrons. The van der Waals surface area contributed by atoms with Crippen molar-refractivity contribution in [3.05, 3.63) is 51.2 Å². The van der Waals surface area contributed by atoms with Crippen LogP contribution in [0.3, 0.4) is 0 Å². The third-order valence-corrected chi connectivity index (χ3v) is 6.29. The van der Waals surface area contributed by atoms with Crippen LogP contribution < -0.4 is 5.32 Å². The monoisotopic (exact) mass is 359 g/mol. The summed E-state index contributed by atoms with van der Waals surface area (Å²) in [7, 11) is 0. The van der Waals surface area contributed by atoms with Gasteiger partial charge in [0.2, 0.25) is 0 Å². The fourth-order valence-electron chi connectivity index (χ4n) is 3.38. The number of aromatic hydroxyl groups is 1. The molecule has 0 unspecified atom stereocenters. The van der Waals surface area contributed by atoms with Gasteiger partial charge in [0.1, 0.15) is 5.75 Å². The summed E-state index contributed by atoms with van der Waals surface area (Å²) in [5.74, 6) is 0.758. The molecule has 1 aromatic carbocycles. The molecule has 1 amide bonds. The van der Waals surface area contributed by atoms with Crippen LogP contribution in [0, 0.1) is 5.92 Å². The first kappa shape index (κ1) is 18.0. The second kappa shape index (κ2) is 7.58. The Balaban J connectivity index is 1.66. The Hall–Kier alpha value is -1.85. The Labute approximate surface area is 152 Å². The number of hydrogen-bond acceptors (Lipinski definition) is 4. The topological polar surface area (TPSA) is 69.6 Å². The van der Waals surface area contributed by atoms with Gasteiger partial charge in [0.25, 0.3) is 5.91 Å². The molecular formula is C20H25NO3S. The van der Waals surface area contributed by atoms with Gasteiger partial charge in [-0.2, -0.15) is 0 Å². The van der Waals surface area contributed by atoms with E-state index in [-0.39, 0.29) is 11.7 Å². The molecule has 0 spiro atoms. The van der Waals surface area contributed by atoms with Gasteiger partial charge in [-0.15, -0.1) is 11.3 Å². The average molecular weight is 359 g/mol. The fourth-order valence-corrected chi connectivity index (χ4v) is 4.49. The number of phenolic OH excluding ortho intramolecular Hbond substituents is 1. The highest BCUT2D eigenvalue weighted by Crippen LogP contribution is 2.33. The van der Waals surface area contributed by atoms with Gasteiger partial charge in [-0.25, -0.2) is 0 Å². The molecule has 0 aliphatic heterocycles. The second-order valence-electron chi connectivity index (χ2n) is 6.87. The lowest BCUT2D eigenvalue weighted by atomic mass is 9.87. The Morgan fingerprint density at radius 1 is 1.36 bits per heavy atom. The van der Waals surface area contributed by atoms with E-state index in [0.29, 0.717) is 5.56 Å². The van der Waals surface area contributed by atoms with Gasteiger partial charge in [-0.3, -0.25) is 4.79 Å². The number of fused-ring (bicyclic) bond motifs is 1. The molecule has 1 aliphatic carbocycles. The highest BCUT2D eigenvalue weighted by molar-refractivity contribution is 7.14. The number of benzene rings is 1. The van der Waals surface area contributed by atoms with Crippen molar-refractivity contribution in [1.29, 1.82) is 0 Å². The maximum absolute atomic E-state index is 12.6. The quantitative estimate of drug-likeness (QED) is 0.760. The first-order chi connectivity index (χ1) is 12.0. The average Bonchev–Trinajstić information content (AvgIpc) is 3.04. The van der Waals surface area contributed by atoms with Crippen molar-refractivity contribution in [2.75, 3.05) is 0 Å². The zero-order valence-corrected chi connectivity index (χ0v) is 15.5. The van der Waals surface area contributed by atoms with Crippen LogP contribution >= 0.6 is 11.3 Å². The van der Waals surface area contributed by atoms with Gasteiger partial charge in [0, 0.05) is 4.88 Å². The van der Waals surface area contributed by atoms with Gasteiger partial charge in [-0.05, 0) is 61.4 Å². The lowest BCUT2D eigenvalue weighted by molar-refractivity contribution is 0.0855. The maximum Gasteiger partial charge on any atom is 0.261 e. The Kier molecular flexibility index (Phi) is 5.45. The molecule has 0 radical (unpaired) electrons. The van der Waals surface area contributed by atoms with E-state index < -0.39 is 12.1 Å². The van der Waals surface area contributed by atoms with Crippen molar-refractivity contribution >= 4 is 17.2 Å². The predicted octanol–water partition coefficient (Wildman–Crippen LogP) is 3.82. The van der Waals surface area contributed by atoms with Crippen LogP contribution in [0.4, 0.5) is 0 Å². The molecule has 3 atom stereocenters. The van der Waals surface area contributed by atoms with E-state index in [1.165, 1.54) is 35.4 Å². The molecule has 1 aromatic heterocycles. The smallest absolute Gasteiger partial charge is 0.261 e. The van der Waals surface area contributed by atoms with E-state index in [9.17, 15) is 15.0 Å². The molecule has 0 bridgehead atoms. The van der Waals surface area contributed by atoms with Gasteiger partial charge >= 0.3 is 0 Å². The summed E-state index contributed by atoms with van der Waals surface area (Å²) in [4.78, 5) is 14.6.